The van der Waals surface area contributed by atoms with Crippen LogP contribution in [0, 0.1) is 18.3 Å². The third-order valence-corrected chi connectivity index (χ3v) is 5.53. The maximum Gasteiger partial charge on any atom is 0.349 e. The van der Waals surface area contributed by atoms with Gasteiger partial charge in [-0.25, -0.2) is 4.79 Å². The largest absolute Gasteiger partial charge is 0.494 e. The molecule has 0 fully saturated rings. The summed E-state index contributed by atoms with van der Waals surface area (Å²) in [7, 11) is 0. The molecule has 7 nitrogen and oxygen atoms in total. The molecule has 3 aromatic rings. The number of allylic oxidation sites excluding steroid dienone is 1. The zero-order valence-electron chi connectivity index (χ0n) is 19.6. The molecule has 0 amide bonds. The van der Waals surface area contributed by atoms with Crippen LogP contribution >= 0.6 is 0 Å². The van der Waals surface area contributed by atoms with E-state index in [0.717, 1.165) is 23.1 Å². The molecule has 1 aliphatic rings. The number of carbonyl (C=O) groups excluding carboxylic acids is 1. The van der Waals surface area contributed by atoms with Crippen LogP contribution in [0.2, 0.25) is 0 Å². The van der Waals surface area contributed by atoms with Gasteiger partial charge >= 0.3 is 5.97 Å². The van der Waals surface area contributed by atoms with E-state index in [9.17, 15) is 10.1 Å². The van der Waals surface area contributed by atoms with Gasteiger partial charge in [-0.3, -0.25) is 0 Å². The maximum absolute atomic E-state index is 12.4. The fourth-order valence-electron chi connectivity index (χ4n) is 3.86. The Morgan fingerprint density at radius 1 is 1.06 bits per heavy atom. The number of carbonyl (C=O) groups is 1. The fraction of sp³-hybridized carbons (Fsp3) is 0.214. The predicted molar refractivity (Wildman–Crippen MR) is 130 cm³/mol. The smallest absolute Gasteiger partial charge is 0.349 e. The Morgan fingerprint density at radius 3 is 2.66 bits per heavy atom. The van der Waals surface area contributed by atoms with E-state index in [1.54, 1.807) is 24.3 Å². The molecular weight excluding hydrogens is 444 g/mol. The Bertz CT molecular complexity index is 1310. The van der Waals surface area contributed by atoms with Crippen LogP contribution in [0.4, 0.5) is 0 Å². The van der Waals surface area contributed by atoms with Crippen LogP contribution in [0.5, 0.6) is 23.0 Å². The quantitative estimate of drug-likeness (QED) is 0.365. The Morgan fingerprint density at radius 2 is 1.89 bits per heavy atom. The van der Waals surface area contributed by atoms with Gasteiger partial charge < -0.3 is 24.7 Å². The molecule has 35 heavy (non-hydrogen) atoms. The third-order valence-electron chi connectivity index (χ3n) is 5.53. The van der Waals surface area contributed by atoms with Gasteiger partial charge in [0.2, 0.25) is 5.88 Å². The van der Waals surface area contributed by atoms with Gasteiger partial charge in [0.1, 0.15) is 34.6 Å². The van der Waals surface area contributed by atoms with E-state index >= 15 is 0 Å². The number of aryl methyl sites for hydroxylation is 1. The summed E-state index contributed by atoms with van der Waals surface area (Å²) in [6, 6.07) is 22.2. The minimum Gasteiger partial charge on any atom is -0.494 e. The highest BCUT2D eigenvalue weighted by atomic mass is 16.6. The number of rotatable bonds is 8. The first kappa shape index (κ1) is 23.7. The van der Waals surface area contributed by atoms with E-state index in [-0.39, 0.29) is 18.2 Å². The normalized spacial score (nSPS) is 14.4. The van der Waals surface area contributed by atoms with Gasteiger partial charge in [0.05, 0.1) is 12.5 Å². The van der Waals surface area contributed by atoms with Crippen molar-refractivity contribution in [2.75, 3.05) is 13.2 Å². The molecule has 1 atom stereocenters. The lowest BCUT2D eigenvalue weighted by Crippen LogP contribution is -2.22. The number of hydrogen-bond acceptors (Lipinski definition) is 7. The first-order chi connectivity index (χ1) is 17.0. The average Bonchev–Trinajstić information content (AvgIpc) is 2.86. The number of ether oxygens (including phenoxy) is 4. The summed E-state index contributed by atoms with van der Waals surface area (Å²) in [5, 5.41) is 9.79. The van der Waals surface area contributed by atoms with Crippen molar-refractivity contribution in [3.8, 4) is 29.1 Å². The molecule has 7 heteroatoms. The minimum absolute atomic E-state index is 0.0104. The predicted octanol–water partition coefficient (Wildman–Crippen LogP) is 4.99. The molecule has 0 saturated heterocycles. The summed E-state index contributed by atoms with van der Waals surface area (Å²) in [5.41, 5.74) is 8.92. The maximum atomic E-state index is 12.4. The molecule has 1 heterocycles. The van der Waals surface area contributed by atoms with Gasteiger partial charge in [-0.05, 0) is 48.7 Å². The molecule has 3 aromatic carbocycles. The molecule has 178 valence electrons. The van der Waals surface area contributed by atoms with Gasteiger partial charge in [-0.2, -0.15) is 5.26 Å². The number of para-hydroxylation sites is 1. The van der Waals surface area contributed by atoms with Crippen LogP contribution in [0.15, 0.2) is 78.2 Å². The second kappa shape index (κ2) is 10.7. The van der Waals surface area contributed by atoms with E-state index in [1.165, 1.54) is 0 Å². The molecule has 0 aromatic heterocycles. The Balaban J connectivity index is 1.55. The van der Waals surface area contributed by atoms with E-state index in [1.807, 2.05) is 56.3 Å². The molecule has 1 unspecified atom stereocenters. The molecule has 4 rings (SSSR count). The number of nitriles is 1. The molecule has 0 bridgehead atoms. The summed E-state index contributed by atoms with van der Waals surface area (Å²) < 4.78 is 22.5. The Hall–Kier alpha value is -4.44. The number of hydrogen-bond donors (Lipinski definition) is 1. The molecule has 0 radical (unpaired) electrons. The fourth-order valence-corrected chi connectivity index (χ4v) is 3.86. The van der Waals surface area contributed by atoms with E-state index in [4.69, 9.17) is 24.7 Å². The molecule has 0 saturated carbocycles. The zero-order valence-corrected chi connectivity index (χ0v) is 19.6. The van der Waals surface area contributed by atoms with Crippen LogP contribution in [-0.2, 0) is 4.79 Å². The Labute approximate surface area is 204 Å². The number of nitrogens with zero attached hydrogens (tertiary/aromatic N) is 1. The van der Waals surface area contributed by atoms with Crippen molar-refractivity contribution < 1.29 is 23.7 Å². The van der Waals surface area contributed by atoms with Crippen molar-refractivity contribution in [1.29, 1.82) is 5.26 Å². The highest BCUT2D eigenvalue weighted by Gasteiger charge is 2.31. The van der Waals surface area contributed by atoms with Crippen molar-refractivity contribution in [1.82, 2.24) is 0 Å². The monoisotopic (exact) mass is 470 g/mol. The van der Waals surface area contributed by atoms with Gasteiger partial charge in [0.25, 0.3) is 0 Å². The second-order valence-electron chi connectivity index (χ2n) is 8.07. The van der Waals surface area contributed by atoms with Crippen molar-refractivity contribution >= 4 is 5.97 Å². The summed E-state index contributed by atoms with van der Waals surface area (Å²) in [5.74, 6) is 1.05. The van der Waals surface area contributed by atoms with Crippen LogP contribution in [0.25, 0.3) is 0 Å². The molecule has 0 spiro atoms. The van der Waals surface area contributed by atoms with E-state index in [2.05, 4.69) is 6.07 Å². The van der Waals surface area contributed by atoms with Crippen LogP contribution in [-0.4, -0.2) is 19.2 Å². The molecule has 0 aliphatic carbocycles. The molecule has 1 aliphatic heterocycles. The van der Waals surface area contributed by atoms with Gasteiger partial charge in [0.15, 0.2) is 6.61 Å². The van der Waals surface area contributed by atoms with E-state index in [0.29, 0.717) is 29.4 Å². The average molecular weight is 471 g/mol. The molecule has 2 N–H and O–H groups in total. The summed E-state index contributed by atoms with van der Waals surface area (Å²) in [6.07, 6.45) is 0.887. The number of esters is 1. The standard InChI is InChI=1S/C28H26N2O5/c1-3-13-32-20-9-6-8-19(14-20)27-22-12-11-21(15-25(22)35-28(30)23(27)16-29)34-26(31)17-33-24-10-5-4-7-18(24)2/h4-12,14-15,27H,3,13,17,30H2,1-2H3. The van der Waals surface area contributed by atoms with Crippen molar-refractivity contribution in [2.45, 2.75) is 26.2 Å². The third kappa shape index (κ3) is 5.39. The van der Waals surface area contributed by atoms with Crippen LogP contribution < -0.4 is 24.7 Å². The number of fused-ring (bicyclic) bond motifs is 1. The topological polar surface area (TPSA) is 104 Å². The van der Waals surface area contributed by atoms with Crippen LogP contribution in [0.3, 0.4) is 0 Å². The van der Waals surface area contributed by atoms with Crippen molar-refractivity contribution in [3.05, 3.63) is 94.9 Å². The summed E-state index contributed by atoms with van der Waals surface area (Å²) in [4.78, 5) is 12.4. The number of benzene rings is 3. The number of nitrogens with two attached hydrogens (primary N) is 1. The second-order valence-corrected chi connectivity index (χ2v) is 8.07. The minimum atomic E-state index is -0.553. The lowest BCUT2D eigenvalue weighted by molar-refractivity contribution is -0.136. The van der Waals surface area contributed by atoms with Crippen molar-refractivity contribution in [3.63, 3.8) is 0 Å². The first-order valence-corrected chi connectivity index (χ1v) is 11.3. The van der Waals surface area contributed by atoms with Crippen molar-refractivity contribution in [2.24, 2.45) is 5.73 Å². The SMILES string of the molecule is CCCOc1cccc(C2C(C#N)=C(N)Oc3cc(OC(=O)COc4ccccc4C)ccc32)c1. The highest BCUT2D eigenvalue weighted by molar-refractivity contribution is 5.74. The first-order valence-electron chi connectivity index (χ1n) is 11.3. The summed E-state index contributed by atoms with van der Waals surface area (Å²) in [6.45, 7) is 4.29. The summed E-state index contributed by atoms with van der Waals surface area (Å²) >= 11 is 0. The highest BCUT2D eigenvalue weighted by Crippen LogP contribution is 2.44. The molecular formula is C28H26N2O5. The van der Waals surface area contributed by atoms with Gasteiger partial charge in [-0.1, -0.05) is 43.3 Å². The van der Waals surface area contributed by atoms with Crippen LogP contribution in [0.1, 0.15) is 36.0 Å². The zero-order chi connectivity index (χ0) is 24.8. The lowest BCUT2D eigenvalue weighted by Gasteiger charge is -2.27. The van der Waals surface area contributed by atoms with Gasteiger partial charge in [0, 0.05) is 11.6 Å². The Kier molecular flexibility index (Phi) is 7.22. The lowest BCUT2D eigenvalue weighted by atomic mass is 9.83. The van der Waals surface area contributed by atoms with E-state index < -0.39 is 11.9 Å². The van der Waals surface area contributed by atoms with Gasteiger partial charge in [-0.15, -0.1) is 0 Å².